The molecule has 1 rings (SSSR count). The van der Waals surface area contributed by atoms with E-state index in [1.54, 1.807) is 0 Å². The number of piperidine rings is 1. The molecule has 0 aromatic rings. The number of nitrogens with one attached hydrogen (secondary N) is 1. The summed E-state index contributed by atoms with van der Waals surface area (Å²) in [5.41, 5.74) is 0.0706. The summed E-state index contributed by atoms with van der Waals surface area (Å²) < 4.78 is 0. The van der Waals surface area contributed by atoms with Crippen molar-refractivity contribution < 1.29 is 4.79 Å². The van der Waals surface area contributed by atoms with E-state index in [1.165, 1.54) is 6.42 Å². The minimum Gasteiger partial charge on any atom is -0.342 e. The zero-order valence-electron chi connectivity index (χ0n) is 12.9. The maximum atomic E-state index is 12.6. The second-order valence-electron chi connectivity index (χ2n) is 6.91. The van der Waals surface area contributed by atoms with Gasteiger partial charge in [0.1, 0.15) is 0 Å². The number of carbonyl (C=O) groups is 1. The molecule has 0 aromatic heterocycles. The first-order valence-corrected chi connectivity index (χ1v) is 7.25. The Morgan fingerprint density at radius 1 is 1.39 bits per heavy atom. The van der Waals surface area contributed by atoms with Gasteiger partial charge < -0.3 is 10.2 Å². The number of hydrogen-bond acceptors (Lipinski definition) is 2. The Labute approximate surface area is 112 Å². The fraction of sp³-hybridized carbons (Fsp3) is 0.933. The normalized spacial score (nSPS) is 24.9. The average Bonchev–Trinajstić information content (AvgIpc) is 2.25. The first-order valence-electron chi connectivity index (χ1n) is 7.25. The van der Waals surface area contributed by atoms with Crippen LogP contribution in [0.5, 0.6) is 0 Å². The van der Waals surface area contributed by atoms with Crippen LogP contribution in [0.2, 0.25) is 0 Å². The summed E-state index contributed by atoms with van der Waals surface area (Å²) in [5.74, 6) is 0.885. The van der Waals surface area contributed by atoms with E-state index in [4.69, 9.17) is 0 Å². The highest BCUT2D eigenvalue weighted by Crippen LogP contribution is 2.31. The van der Waals surface area contributed by atoms with Crippen LogP contribution < -0.4 is 5.32 Å². The van der Waals surface area contributed by atoms with Gasteiger partial charge in [0.15, 0.2) is 0 Å². The molecule has 0 aliphatic carbocycles. The van der Waals surface area contributed by atoms with Crippen molar-refractivity contribution in [2.24, 2.45) is 11.3 Å². The van der Waals surface area contributed by atoms with Crippen LogP contribution in [0.1, 0.15) is 53.9 Å². The molecule has 2 atom stereocenters. The Kier molecular flexibility index (Phi) is 5.20. The van der Waals surface area contributed by atoms with Crippen molar-refractivity contribution in [1.29, 1.82) is 0 Å². The van der Waals surface area contributed by atoms with Gasteiger partial charge in [-0.1, -0.05) is 27.7 Å². The van der Waals surface area contributed by atoms with Crippen molar-refractivity contribution in [3.05, 3.63) is 0 Å². The first-order chi connectivity index (χ1) is 8.25. The van der Waals surface area contributed by atoms with Crippen molar-refractivity contribution in [2.45, 2.75) is 66.0 Å². The third kappa shape index (κ3) is 3.71. The number of rotatable bonds is 4. The molecule has 0 aromatic carbocycles. The van der Waals surface area contributed by atoms with Crippen LogP contribution in [-0.4, -0.2) is 36.5 Å². The maximum Gasteiger partial charge on any atom is 0.240 e. The zero-order valence-corrected chi connectivity index (χ0v) is 12.9. The lowest BCUT2D eigenvalue weighted by atomic mass is 9.77. The topological polar surface area (TPSA) is 32.3 Å². The van der Waals surface area contributed by atoms with E-state index in [0.29, 0.717) is 12.0 Å². The largest absolute Gasteiger partial charge is 0.342 e. The smallest absolute Gasteiger partial charge is 0.240 e. The molecule has 106 valence electrons. The number of likely N-dealkylation sites (N-methyl/N-ethyl adjacent to an activating group) is 1. The molecule has 1 aliphatic rings. The van der Waals surface area contributed by atoms with Gasteiger partial charge in [0.2, 0.25) is 5.91 Å². The van der Waals surface area contributed by atoms with Crippen molar-refractivity contribution in [3.63, 3.8) is 0 Å². The lowest BCUT2D eigenvalue weighted by Crippen LogP contribution is -2.57. The van der Waals surface area contributed by atoms with Gasteiger partial charge in [0.05, 0.1) is 6.04 Å². The molecule has 0 bridgehead atoms. The van der Waals surface area contributed by atoms with Gasteiger partial charge in [0, 0.05) is 13.1 Å². The predicted octanol–water partition coefficient (Wildman–Crippen LogP) is 2.66. The number of nitrogens with zero attached hydrogens (tertiary/aromatic N) is 1. The molecular weight excluding hydrogens is 224 g/mol. The van der Waals surface area contributed by atoms with E-state index < -0.39 is 0 Å². The van der Waals surface area contributed by atoms with Gasteiger partial charge in [-0.15, -0.1) is 0 Å². The summed E-state index contributed by atoms with van der Waals surface area (Å²) in [6.07, 6.45) is 3.36. The molecule has 1 heterocycles. The summed E-state index contributed by atoms with van der Waals surface area (Å²) in [7, 11) is 1.95. The molecule has 1 N–H and O–H groups in total. The summed E-state index contributed by atoms with van der Waals surface area (Å²) >= 11 is 0. The van der Waals surface area contributed by atoms with Gasteiger partial charge in [0.25, 0.3) is 0 Å². The minimum absolute atomic E-state index is 0.0223. The number of hydrogen-bond donors (Lipinski definition) is 1. The van der Waals surface area contributed by atoms with Crippen LogP contribution in [0.4, 0.5) is 0 Å². The molecule has 0 saturated carbocycles. The molecule has 1 aliphatic heterocycles. The van der Waals surface area contributed by atoms with Crippen molar-refractivity contribution in [1.82, 2.24) is 10.2 Å². The zero-order chi connectivity index (χ0) is 13.9. The molecule has 2 unspecified atom stereocenters. The van der Waals surface area contributed by atoms with Crippen molar-refractivity contribution in [2.75, 3.05) is 13.6 Å². The van der Waals surface area contributed by atoms with Crippen molar-refractivity contribution >= 4 is 5.91 Å². The monoisotopic (exact) mass is 254 g/mol. The molecule has 18 heavy (non-hydrogen) atoms. The van der Waals surface area contributed by atoms with Crippen LogP contribution in [0.25, 0.3) is 0 Å². The van der Waals surface area contributed by atoms with Crippen molar-refractivity contribution in [3.8, 4) is 0 Å². The van der Waals surface area contributed by atoms with Gasteiger partial charge in [-0.3, -0.25) is 4.79 Å². The number of amides is 1. The lowest BCUT2D eigenvalue weighted by Gasteiger charge is -2.41. The Morgan fingerprint density at radius 2 is 2.00 bits per heavy atom. The molecule has 1 amide bonds. The second-order valence-corrected chi connectivity index (χ2v) is 6.91. The molecule has 0 spiro atoms. The van der Waals surface area contributed by atoms with Crippen LogP contribution >= 0.6 is 0 Å². The SMILES string of the molecule is CC(C)CC(C)N(C)C(=O)C1NCCCC1(C)C. The standard InChI is InChI=1S/C15H30N2O/c1-11(2)10-12(3)17(6)14(18)13-15(4,5)8-7-9-16-13/h11-13,16H,7-10H2,1-6H3. The third-order valence-electron chi connectivity index (χ3n) is 4.20. The van der Waals surface area contributed by atoms with E-state index in [9.17, 15) is 4.79 Å². The van der Waals surface area contributed by atoms with E-state index in [0.717, 1.165) is 19.4 Å². The third-order valence-corrected chi connectivity index (χ3v) is 4.20. The summed E-state index contributed by atoms with van der Waals surface area (Å²) in [5, 5.41) is 3.41. The predicted molar refractivity (Wildman–Crippen MR) is 76.5 cm³/mol. The molecule has 3 heteroatoms. The highest BCUT2D eigenvalue weighted by atomic mass is 16.2. The van der Waals surface area contributed by atoms with Gasteiger partial charge in [-0.2, -0.15) is 0 Å². The van der Waals surface area contributed by atoms with E-state index in [-0.39, 0.29) is 17.4 Å². The summed E-state index contributed by atoms with van der Waals surface area (Å²) in [4.78, 5) is 14.5. The van der Waals surface area contributed by atoms with Gasteiger partial charge in [-0.25, -0.2) is 0 Å². The summed E-state index contributed by atoms with van der Waals surface area (Å²) in [6, 6.07) is 0.294. The lowest BCUT2D eigenvalue weighted by molar-refractivity contribution is -0.138. The maximum absolute atomic E-state index is 12.6. The highest BCUT2D eigenvalue weighted by Gasteiger charge is 2.39. The van der Waals surface area contributed by atoms with Crippen LogP contribution in [0, 0.1) is 11.3 Å². The highest BCUT2D eigenvalue weighted by molar-refractivity contribution is 5.83. The van der Waals surface area contributed by atoms with E-state index in [2.05, 4.69) is 39.9 Å². The summed E-state index contributed by atoms with van der Waals surface area (Å²) in [6.45, 7) is 11.9. The molecule has 1 fully saturated rings. The Morgan fingerprint density at radius 3 is 2.50 bits per heavy atom. The first kappa shape index (κ1) is 15.5. The van der Waals surface area contributed by atoms with Crippen LogP contribution in [0.3, 0.4) is 0 Å². The number of carbonyl (C=O) groups excluding carboxylic acids is 1. The fourth-order valence-corrected chi connectivity index (χ4v) is 2.89. The molecule has 0 radical (unpaired) electrons. The van der Waals surface area contributed by atoms with E-state index >= 15 is 0 Å². The molecular formula is C15H30N2O. The fourth-order valence-electron chi connectivity index (χ4n) is 2.89. The van der Waals surface area contributed by atoms with E-state index in [1.807, 2.05) is 11.9 Å². The average molecular weight is 254 g/mol. The minimum atomic E-state index is -0.0223. The molecule has 3 nitrogen and oxygen atoms in total. The Balaban J connectivity index is 2.67. The second kappa shape index (κ2) is 6.05. The molecule has 1 saturated heterocycles. The van der Waals surface area contributed by atoms with Gasteiger partial charge >= 0.3 is 0 Å². The van der Waals surface area contributed by atoms with Crippen LogP contribution in [0.15, 0.2) is 0 Å². The van der Waals surface area contributed by atoms with Crippen LogP contribution in [-0.2, 0) is 4.79 Å². The Bertz CT molecular complexity index is 286. The quantitative estimate of drug-likeness (QED) is 0.836. The Hall–Kier alpha value is -0.570. The van der Waals surface area contributed by atoms with Gasteiger partial charge in [-0.05, 0) is 44.1 Å².